The molecule has 0 saturated carbocycles. The number of amides is 1. The van der Waals surface area contributed by atoms with Crippen molar-refractivity contribution in [3.05, 3.63) is 89.5 Å². The van der Waals surface area contributed by atoms with E-state index >= 15 is 0 Å². The van der Waals surface area contributed by atoms with Crippen LogP contribution in [0.15, 0.2) is 72.8 Å². The predicted molar refractivity (Wildman–Crippen MR) is 129 cm³/mol. The van der Waals surface area contributed by atoms with Crippen molar-refractivity contribution >= 4 is 21.6 Å². The van der Waals surface area contributed by atoms with E-state index in [1.54, 1.807) is 56.7 Å². The summed E-state index contributed by atoms with van der Waals surface area (Å²) in [5.74, 6) is 0.849. The number of para-hydroxylation sites is 1. The number of methoxy groups -OCH3 is 2. The van der Waals surface area contributed by atoms with Crippen LogP contribution in [-0.2, 0) is 16.6 Å². The van der Waals surface area contributed by atoms with E-state index < -0.39 is 22.0 Å². The number of anilines is 1. The smallest absolute Gasteiger partial charge is 0.253 e. The third-order valence-corrected chi connectivity index (χ3v) is 6.36. The van der Waals surface area contributed by atoms with Crippen LogP contribution >= 0.6 is 0 Å². The van der Waals surface area contributed by atoms with E-state index in [0.29, 0.717) is 17.2 Å². The van der Waals surface area contributed by atoms with E-state index in [0.717, 1.165) is 17.4 Å². The Morgan fingerprint density at radius 2 is 1.64 bits per heavy atom. The minimum absolute atomic E-state index is 0.114. The average molecular weight is 469 g/mol. The molecule has 3 aromatic carbocycles. The van der Waals surface area contributed by atoms with Crippen LogP contribution in [0, 0.1) is 0 Å². The lowest BCUT2D eigenvalue weighted by molar-refractivity contribution is 0.0940. The van der Waals surface area contributed by atoms with Crippen molar-refractivity contribution in [2.45, 2.75) is 19.5 Å². The Balaban J connectivity index is 1.94. The second-order valence-electron chi connectivity index (χ2n) is 7.58. The molecule has 0 saturated heterocycles. The molecule has 3 aromatic rings. The molecule has 3 rings (SSSR count). The van der Waals surface area contributed by atoms with Crippen LogP contribution in [0.25, 0.3) is 0 Å². The molecule has 8 heteroatoms. The minimum Gasteiger partial charge on any atom is -0.497 e. The lowest BCUT2D eigenvalue weighted by Crippen LogP contribution is -2.33. The molecule has 1 N–H and O–H groups in total. The molecule has 0 aliphatic heterocycles. The van der Waals surface area contributed by atoms with Gasteiger partial charge in [0.25, 0.3) is 5.91 Å². The van der Waals surface area contributed by atoms with Gasteiger partial charge in [0.1, 0.15) is 11.5 Å². The molecular formula is C25H28N2O5S. The van der Waals surface area contributed by atoms with Gasteiger partial charge in [-0.05, 0) is 42.8 Å². The maximum atomic E-state index is 13.3. The van der Waals surface area contributed by atoms with Gasteiger partial charge in [-0.25, -0.2) is 8.42 Å². The van der Waals surface area contributed by atoms with E-state index in [-0.39, 0.29) is 12.1 Å². The second-order valence-corrected chi connectivity index (χ2v) is 9.48. The molecule has 0 heterocycles. The van der Waals surface area contributed by atoms with Gasteiger partial charge in [-0.15, -0.1) is 0 Å². The number of carbonyl (C=O) groups excluding carboxylic acids is 1. The molecule has 174 valence electrons. The zero-order valence-electron chi connectivity index (χ0n) is 19.1. The van der Waals surface area contributed by atoms with E-state index in [1.807, 2.05) is 37.3 Å². The van der Waals surface area contributed by atoms with Crippen LogP contribution in [0.3, 0.4) is 0 Å². The van der Waals surface area contributed by atoms with E-state index in [1.165, 1.54) is 4.31 Å². The third kappa shape index (κ3) is 5.84. The Hall–Kier alpha value is -3.52. The standard InChI is InChI=1S/C25H28N2O5S/c1-18(22-16-20(31-2)14-15-24(22)32-3)26-25(28)21-12-8-9-13-23(21)27(33(4,29)30)17-19-10-6-5-7-11-19/h5-16,18H,17H2,1-4H3,(H,26,28). The molecule has 0 aliphatic rings. The number of ether oxygens (including phenoxy) is 2. The van der Waals surface area contributed by atoms with Crippen LogP contribution in [-0.4, -0.2) is 34.8 Å². The molecule has 0 aromatic heterocycles. The van der Waals surface area contributed by atoms with Crippen LogP contribution < -0.4 is 19.1 Å². The van der Waals surface area contributed by atoms with Gasteiger partial charge in [0.2, 0.25) is 10.0 Å². The molecular weight excluding hydrogens is 440 g/mol. The van der Waals surface area contributed by atoms with Gasteiger partial charge in [0, 0.05) is 5.56 Å². The average Bonchev–Trinajstić information content (AvgIpc) is 2.82. The summed E-state index contributed by atoms with van der Waals surface area (Å²) in [7, 11) is -0.530. The summed E-state index contributed by atoms with van der Waals surface area (Å²) in [6.07, 6.45) is 1.13. The Bertz CT molecular complexity index is 1210. The van der Waals surface area contributed by atoms with Crippen molar-refractivity contribution in [1.82, 2.24) is 5.32 Å². The number of hydrogen-bond donors (Lipinski definition) is 1. The number of nitrogens with one attached hydrogen (secondary N) is 1. The summed E-state index contributed by atoms with van der Waals surface area (Å²) in [4.78, 5) is 13.3. The van der Waals surface area contributed by atoms with Gasteiger partial charge in [-0.1, -0.05) is 42.5 Å². The summed E-state index contributed by atoms with van der Waals surface area (Å²) < 4.78 is 37.3. The topological polar surface area (TPSA) is 84.9 Å². The second kappa shape index (κ2) is 10.4. The Kier molecular flexibility index (Phi) is 7.60. The molecule has 1 atom stereocenters. The summed E-state index contributed by atoms with van der Waals surface area (Å²) in [6.45, 7) is 1.94. The Labute approximate surface area is 195 Å². The molecule has 33 heavy (non-hydrogen) atoms. The number of nitrogens with zero attached hydrogens (tertiary/aromatic N) is 1. The van der Waals surface area contributed by atoms with Crippen LogP contribution in [0.2, 0.25) is 0 Å². The van der Waals surface area contributed by atoms with Gasteiger partial charge >= 0.3 is 0 Å². The van der Waals surface area contributed by atoms with Crippen molar-refractivity contribution in [2.75, 3.05) is 24.8 Å². The van der Waals surface area contributed by atoms with Gasteiger partial charge in [0.05, 0.1) is 44.3 Å². The highest BCUT2D eigenvalue weighted by Gasteiger charge is 2.25. The minimum atomic E-state index is -3.66. The van der Waals surface area contributed by atoms with Crippen molar-refractivity contribution in [1.29, 1.82) is 0 Å². The largest absolute Gasteiger partial charge is 0.497 e. The molecule has 1 unspecified atom stereocenters. The molecule has 7 nitrogen and oxygen atoms in total. The monoisotopic (exact) mass is 468 g/mol. The van der Waals surface area contributed by atoms with Crippen LogP contribution in [0.4, 0.5) is 5.69 Å². The molecule has 0 fully saturated rings. The molecule has 1 amide bonds. The number of sulfonamides is 1. The first-order valence-electron chi connectivity index (χ1n) is 10.4. The molecule has 0 aliphatic carbocycles. The van der Waals surface area contributed by atoms with Gasteiger partial charge in [-0.3, -0.25) is 9.10 Å². The summed E-state index contributed by atoms with van der Waals surface area (Å²) >= 11 is 0. The van der Waals surface area contributed by atoms with E-state index in [9.17, 15) is 13.2 Å². The van der Waals surface area contributed by atoms with Crippen molar-refractivity contribution in [2.24, 2.45) is 0 Å². The SMILES string of the molecule is COc1ccc(OC)c(C(C)NC(=O)c2ccccc2N(Cc2ccccc2)S(C)(=O)=O)c1. The quantitative estimate of drug-likeness (QED) is 0.510. The summed E-state index contributed by atoms with van der Waals surface area (Å²) in [5, 5.41) is 2.95. The van der Waals surface area contributed by atoms with Crippen molar-refractivity contribution in [3.63, 3.8) is 0 Å². The summed E-state index contributed by atoms with van der Waals surface area (Å²) in [5.41, 5.74) is 2.12. The fourth-order valence-corrected chi connectivity index (χ4v) is 4.44. The normalized spacial score (nSPS) is 12.0. The molecule has 0 bridgehead atoms. The van der Waals surface area contributed by atoms with Crippen LogP contribution in [0.1, 0.15) is 34.5 Å². The molecule has 0 radical (unpaired) electrons. The predicted octanol–water partition coefficient (Wildman–Crippen LogP) is 4.16. The van der Waals surface area contributed by atoms with Crippen molar-refractivity contribution in [3.8, 4) is 11.5 Å². The Morgan fingerprint density at radius 3 is 2.27 bits per heavy atom. The fraction of sp³-hybridized carbons (Fsp3) is 0.240. The fourth-order valence-electron chi connectivity index (χ4n) is 3.54. The first-order valence-corrected chi connectivity index (χ1v) is 12.2. The van der Waals surface area contributed by atoms with Gasteiger partial charge in [-0.2, -0.15) is 0 Å². The maximum Gasteiger partial charge on any atom is 0.253 e. The zero-order chi connectivity index (χ0) is 24.0. The lowest BCUT2D eigenvalue weighted by Gasteiger charge is -2.25. The number of hydrogen-bond acceptors (Lipinski definition) is 5. The third-order valence-electron chi connectivity index (χ3n) is 5.24. The number of benzene rings is 3. The lowest BCUT2D eigenvalue weighted by atomic mass is 10.1. The maximum absolute atomic E-state index is 13.3. The van der Waals surface area contributed by atoms with E-state index in [4.69, 9.17) is 9.47 Å². The number of rotatable bonds is 9. The van der Waals surface area contributed by atoms with E-state index in [2.05, 4.69) is 5.32 Å². The zero-order valence-corrected chi connectivity index (χ0v) is 19.9. The van der Waals surface area contributed by atoms with Gasteiger partial charge in [0.15, 0.2) is 0 Å². The first-order chi connectivity index (χ1) is 15.7. The van der Waals surface area contributed by atoms with Crippen molar-refractivity contribution < 1.29 is 22.7 Å². The Morgan fingerprint density at radius 1 is 0.970 bits per heavy atom. The highest BCUT2D eigenvalue weighted by molar-refractivity contribution is 7.92. The highest BCUT2D eigenvalue weighted by atomic mass is 32.2. The number of carbonyl (C=O) groups is 1. The summed E-state index contributed by atoms with van der Waals surface area (Å²) in [6, 6.07) is 20.8. The van der Waals surface area contributed by atoms with Crippen LogP contribution in [0.5, 0.6) is 11.5 Å². The molecule has 0 spiro atoms. The first kappa shape index (κ1) is 24.1. The highest BCUT2D eigenvalue weighted by Crippen LogP contribution is 2.30. The van der Waals surface area contributed by atoms with Gasteiger partial charge < -0.3 is 14.8 Å².